The minimum Gasteiger partial charge on any atom is -0.395 e. The normalized spacial score (nSPS) is 12.7. The third-order valence-corrected chi connectivity index (χ3v) is 2.08. The van der Waals surface area contributed by atoms with Crippen molar-refractivity contribution in [1.82, 2.24) is 4.90 Å². The van der Waals surface area contributed by atoms with E-state index in [-0.39, 0.29) is 12.5 Å². The number of hydrogen-bond acceptors (Lipinski definition) is 2. The Morgan fingerprint density at radius 1 is 1.58 bits per heavy atom. The fraction of sp³-hybridized carbons (Fsp3) is 0.889. The number of aliphatic hydroxyl groups excluding tert-OH is 1. The van der Waals surface area contributed by atoms with Gasteiger partial charge in [0.15, 0.2) is 0 Å². The Bertz CT molecular complexity index is 136. The molecule has 3 nitrogen and oxygen atoms in total. The summed E-state index contributed by atoms with van der Waals surface area (Å²) in [6.45, 7) is 4.62. The van der Waals surface area contributed by atoms with Gasteiger partial charge in [0.05, 0.1) is 6.61 Å². The summed E-state index contributed by atoms with van der Waals surface area (Å²) in [5.74, 6) is 0.567. The van der Waals surface area contributed by atoms with E-state index in [9.17, 15) is 4.79 Å². The van der Waals surface area contributed by atoms with Gasteiger partial charge in [0.1, 0.15) is 0 Å². The maximum Gasteiger partial charge on any atom is 0.222 e. The number of carbonyl (C=O) groups is 1. The van der Waals surface area contributed by atoms with Crippen molar-refractivity contribution in [3.05, 3.63) is 0 Å². The minimum atomic E-state index is 0.0444. The SMILES string of the molecule is CCC(C)CC(=O)N(C)CCO. The van der Waals surface area contributed by atoms with Gasteiger partial charge in [-0.1, -0.05) is 20.3 Å². The molecule has 1 atom stereocenters. The van der Waals surface area contributed by atoms with E-state index < -0.39 is 0 Å². The smallest absolute Gasteiger partial charge is 0.222 e. The van der Waals surface area contributed by atoms with Crippen molar-refractivity contribution >= 4 is 5.91 Å². The van der Waals surface area contributed by atoms with Gasteiger partial charge in [0.25, 0.3) is 0 Å². The predicted molar refractivity (Wildman–Crippen MR) is 48.8 cm³/mol. The van der Waals surface area contributed by atoms with Crippen molar-refractivity contribution in [3.63, 3.8) is 0 Å². The fourth-order valence-electron chi connectivity index (χ4n) is 0.873. The average molecular weight is 173 g/mol. The van der Waals surface area contributed by atoms with E-state index in [0.29, 0.717) is 18.9 Å². The largest absolute Gasteiger partial charge is 0.395 e. The van der Waals surface area contributed by atoms with E-state index in [1.165, 1.54) is 0 Å². The van der Waals surface area contributed by atoms with Gasteiger partial charge in [-0.2, -0.15) is 0 Å². The highest BCUT2D eigenvalue weighted by atomic mass is 16.3. The summed E-state index contributed by atoms with van der Waals surface area (Å²) in [5.41, 5.74) is 0. The van der Waals surface area contributed by atoms with Gasteiger partial charge in [-0.3, -0.25) is 4.79 Å². The van der Waals surface area contributed by atoms with Crippen LogP contribution in [0.2, 0.25) is 0 Å². The van der Waals surface area contributed by atoms with Crippen molar-refractivity contribution in [2.75, 3.05) is 20.2 Å². The fourth-order valence-corrected chi connectivity index (χ4v) is 0.873. The van der Waals surface area contributed by atoms with Crippen LogP contribution in [-0.4, -0.2) is 36.1 Å². The maximum absolute atomic E-state index is 11.3. The molecule has 0 heterocycles. The van der Waals surface area contributed by atoms with Crippen LogP contribution in [0.5, 0.6) is 0 Å². The molecule has 12 heavy (non-hydrogen) atoms. The summed E-state index contributed by atoms with van der Waals surface area (Å²) in [5, 5.41) is 8.58. The first-order chi connectivity index (χ1) is 5.61. The third kappa shape index (κ3) is 4.34. The second-order valence-corrected chi connectivity index (χ2v) is 3.26. The molecule has 0 rings (SSSR count). The molecule has 72 valence electrons. The van der Waals surface area contributed by atoms with Crippen LogP contribution in [0, 0.1) is 5.92 Å². The van der Waals surface area contributed by atoms with Crippen LogP contribution in [0.4, 0.5) is 0 Å². The second-order valence-electron chi connectivity index (χ2n) is 3.26. The van der Waals surface area contributed by atoms with E-state index in [4.69, 9.17) is 5.11 Å². The molecule has 1 amide bonds. The Labute approximate surface area is 74.4 Å². The lowest BCUT2D eigenvalue weighted by Crippen LogP contribution is -2.30. The molecule has 0 aliphatic carbocycles. The topological polar surface area (TPSA) is 40.5 Å². The van der Waals surface area contributed by atoms with Crippen molar-refractivity contribution in [2.45, 2.75) is 26.7 Å². The molecule has 1 unspecified atom stereocenters. The molecule has 0 fully saturated rings. The molecular weight excluding hydrogens is 154 g/mol. The van der Waals surface area contributed by atoms with E-state index >= 15 is 0 Å². The molecule has 0 aromatic carbocycles. The van der Waals surface area contributed by atoms with E-state index in [1.54, 1.807) is 11.9 Å². The summed E-state index contributed by atoms with van der Waals surface area (Å²) >= 11 is 0. The first-order valence-corrected chi connectivity index (χ1v) is 4.46. The third-order valence-electron chi connectivity index (χ3n) is 2.08. The number of rotatable bonds is 5. The van der Waals surface area contributed by atoms with Gasteiger partial charge in [0, 0.05) is 20.0 Å². The molecule has 0 aromatic rings. The van der Waals surface area contributed by atoms with E-state index in [1.807, 2.05) is 0 Å². The quantitative estimate of drug-likeness (QED) is 0.670. The van der Waals surface area contributed by atoms with Crippen LogP contribution in [0.25, 0.3) is 0 Å². The van der Waals surface area contributed by atoms with Gasteiger partial charge in [-0.05, 0) is 5.92 Å². The Balaban J connectivity index is 3.70. The Hall–Kier alpha value is -0.570. The lowest BCUT2D eigenvalue weighted by Gasteiger charge is -2.17. The molecular formula is C9H19NO2. The lowest BCUT2D eigenvalue weighted by atomic mass is 10.0. The Kier molecular flexibility index (Phi) is 5.72. The first-order valence-electron chi connectivity index (χ1n) is 4.46. The number of hydrogen-bond donors (Lipinski definition) is 1. The van der Waals surface area contributed by atoms with Crippen molar-refractivity contribution in [2.24, 2.45) is 5.92 Å². The first kappa shape index (κ1) is 11.4. The zero-order valence-electron chi connectivity index (χ0n) is 8.21. The molecule has 0 aliphatic rings. The number of nitrogens with zero attached hydrogens (tertiary/aromatic N) is 1. The van der Waals surface area contributed by atoms with E-state index in [0.717, 1.165) is 6.42 Å². The predicted octanol–water partition coefficient (Wildman–Crippen LogP) is 0.873. The lowest BCUT2D eigenvalue weighted by molar-refractivity contribution is -0.131. The van der Waals surface area contributed by atoms with Gasteiger partial charge in [-0.15, -0.1) is 0 Å². The molecule has 0 aromatic heterocycles. The summed E-state index contributed by atoms with van der Waals surface area (Å²) in [6.07, 6.45) is 1.62. The van der Waals surface area contributed by atoms with E-state index in [2.05, 4.69) is 13.8 Å². The zero-order valence-corrected chi connectivity index (χ0v) is 8.21. The average Bonchev–Trinajstić information content (AvgIpc) is 2.04. The Morgan fingerprint density at radius 2 is 2.17 bits per heavy atom. The summed E-state index contributed by atoms with van der Waals surface area (Å²) in [4.78, 5) is 12.9. The van der Waals surface area contributed by atoms with Gasteiger partial charge in [-0.25, -0.2) is 0 Å². The molecule has 1 N–H and O–H groups in total. The highest BCUT2D eigenvalue weighted by molar-refractivity contribution is 5.76. The van der Waals surface area contributed by atoms with Gasteiger partial charge >= 0.3 is 0 Å². The van der Waals surface area contributed by atoms with Crippen molar-refractivity contribution in [1.29, 1.82) is 0 Å². The highest BCUT2D eigenvalue weighted by Crippen LogP contribution is 2.07. The molecule has 0 bridgehead atoms. The maximum atomic E-state index is 11.3. The molecule has 0 saturated heterocycles. The van der Waals surface area contributed by atoms with Crippen LogP contribution < -0.4 is 0 Å². The summed E-state index contributed by atoms with van der Waals surface area (Å²) in [6, 6.07) is 0. The molecule has 0 saturated carbocycles. The number of amides is 1. The molecule has 3 heteroatoms. The summed E-state index contributed by atoms with van der Waals surface area (Å²) < 4.78 is 0. The number of carbonyl (C=O) groups excluding carboxylic acids is 1. The van der Waals surface area contributed by atoms with Crippen LogP contribution >= 0.6 is 0 Å². The molecule has 0 spiro atoms. The van der Waals surface area contributed by atoms with Gasteiger partial charge < -0.3 is 10.0 Å². The van der Waals surface area contributed by atoms with Gasteiger partial charge in [0.2, 0.25) is 5.91 Å². The second kappa shape index (κ2) is 6.00. The Morgan fingerprint density at radius 3 is 2.58 bits per heavy atom. The van der Waals surface area contributed by atoms with Crippen LogP contribution in [0.15, 0.2) is 0 Å². The molecule has 0 radical (unpaired) electrons. The van der Waals surface area contributed by atoms with Crippen LogP contribution in [-0.2, 0) is 4.79 Å². The number of aliphatic hydroxyl groups is 1. The minimum absolute atomic E-state index is 0.0444. The van der Waals surface area contributed by atoms with Crippen molar-refractivity contribution in [3.8, 4) is 0 Å². The monoisotopic (exact) mass is 173 g/mol. The number of likely N-dealkylation sites (N-methyl/N-ethyl adjacent to an activating group) is 1. The summed E-state index contributed by atoms with van der Waals surface area (Å²) in [7, 11) is 1.72. The van der Waals surface area contributed by atoms with Crippen LogP contribution in [0.1, 0.15) is 26.7 Å². The van der Waals surface area contributed by atoms with Crippen molar-refractivity contribution < 1.29 is 9.90 Å². The zero-order chi connectivity index (χ0) is 9.56. The highest BCUT2D eigenvalue weighted by Gasteiger charge is 2.10. The molecule has 0 aliphatic heterocycles. The standard InChI is InChI=1S/C9H19NO2/c1-4-8(2)7-9(12)10(3)5-6-11/h8,11H,4-7H2,1-3H3. The van der Waals surface area contributed by atoms with Crippen LogP contribution in [0.3, 0.4) is 0 Å².